The Labute approximate surface area is 131 Å². The number of pyridine rings is 2. The van der Waals surface area contributed by atoms with Crippen molar-refractivity contribution in [3.8, 4) is 0 Å². The Morgan fingerprint density at radius 1 is 1.43 bits per heavy atom. The topological polar surface area (TPSA) is 87.5 Å². The largest absolute Gasteiger partial charge is 0.477 e. The van der Waals surface area contributed by atoms with Crippen molar-refractivity contribution in [3.63, 3.8) is 0 Å². The molecule has 0 aliphatic carbocycles. The summed E-state index contributed by atoms with van der Waals surface area (Å²) in [6.07, 6.45) is 1.26. The van der Waals surface area contributed by atoms with Crippen LogP contribution in [-0.4, -0.2) is 46.8 Å². The Hall–Kier alpha value is -2.48. The number of nitrogens with one attached hydrogen (secondary N) is 1. The number of halogens is 1. The molecule has 2 aromatic rings. The van der Waals surface area contributed by atoms with E-state index in [-0.39, 0.29) is 16.8 Å². The maximum absolute atomic E-state index is 14.4. The van der Waals surface area contributed by atoms with Crippen LogP contribution in [0.1, 0.15) is 17.3 Å². The number of carboxylic acid groups (broad SMARTS) is 1. The average molecular weight is 319 g/mol. The summed E-state index contributed by atoms with van der Waals surface area (Å²) >= 11 is 0. The van der Waals surface area contributed by atoms with E-state index in [1.165, 1.54) is 6.20 Å². The van der Waals surface area contributed by atoms with Gasteiger partial charge in [0.25, 0.3) is 0 Å². The molecular weight excluding hydrogens is 302 g/mol. The minimum atomic E-state index is -1.33. The van der Waals surface area contributed by atoms with E-state index in [1.807, 2.05) is 11.8 Å². The van der Waals surface area contributed by atoms with Gasteiger partial charge >= 0.3 is 5.97 Å². The molecule has 0 saturated carbocycles. The highest BCUT2D eigenvalue weighted by Crippen LogP contribution is 2.21. The van der Waals surface area contributed by atoms with Gasteiger partial charge in [0.2, 0.25) is 5.43 Å². The molecule has 0 amide bonds. The third-order valence-corrected chi connectivity index (χ3v) is 3.97. The maximum atomic E-state index is 14.4. The lowest BCUT2D eigenvalue weighted by Crippen LogP contribution is -2.44. The van der Waals surface area contributed by atoms with E-state index < -0.39 is 17.2 Å². The molecule has 8 heteroatoms. The van der Waals surface area contributed by atoms with Gasteiger partial charge in [-0.1, -0.05) is 0 Å². The minimum absolute atomic E-state index is 0.0110. The Kier molecular flexibility index (Phi) is 3.99. The standard InChI is InChI=1S/C15H17FN4O3/c1-2-19-8-10(15(22)23)12(21)9-7-11(16)14(18-13(9)19)20-5-3-17-4-6-20/h7-8,17H,2-6H2,1H3,(H,22,23)/i16-1. The molecule has 3 heterocycles. The van der Waals surface area contributed by atoms with Crippen molar-refractivity contribution in [2.45, 2.75) is 13.5 Å². The number of hydrogen-bond donors (Lipinski definition) is 2. The second kappa shape index (κ2) is 5.96. The predicted octanol–water partition coefficient (Wildman–Crippen LogP) is 0.663. The van der Waals surface area contributed by atoms with Crippen LogP contribution in [0.15, 0.2) is 17.1 Å². The third-order valence-electron chi connectivity index (χ3n) is 3.97. The predicted molar refractivity (Wildman–Crippen MR) is 83.7 cm³/mol. The summed E-state index contributed by atoms with van der Waals surface area (Å²) in [6.45, 7) is 4.95. The number of aryl methyl sites for hydroxylation is 1. The van der Waals surface area contributed by atoms with Gasteiger partial charge < -0.3 is 19.9 Å². The van der Waals surface area contributed by atoms with Gasteiger partial charge in [0, 0.05) is 38.9 Å². The molecule has 122 valence electrons. The Morgan fingerprint density at radius 3 is 2.74 bits per heavy atom. The Balaban J connectivity index is 2.24. The number of hydrogen-bond acceptors (Lipinski definition) is 5. The van der Waals surface area contributed by atoms with E-state index in [1.54, 1.807) is 4.57 Å². The quantitative estimate of drug-likeness (QED) is 0.864. The first-order chi connectivity index (χ1) is 11.0. The maximum Gasteiger partial charge on any atom is 0.341 e. The van der Waals surface area contributed by atoms with Gasteiger partial charge in [0.1, 0.15) is 11.2 Å². The molecule has 0 spiro atoms. The molecule has 0 atom stereocenters. The van der Waals surface area contributed by atoms with Crippen LogP contribution in [0.4, 0.5) is 10.2 Å². The molecule has 0 aromatic carbocycles. The lowest BCUT2D eigenvalue weighted by atomic mass is 10.2. The molecule has 0 bridgehead atoms. The van der Waals surface area contributed by atoms with Crippen molar-refractivity contribution < 1.29 is 14.3 Å². The molecule has 1 aliphatic heterocycles. The van der Waals surface area contributed by atoms with Crippen molar-refractivity contribution in [3.05, 3.63) is 33.9 Å². The summed E-state index contributed by atoms with van der Waals surface area (Å²) in [5.41, 5.74) is -0.789. The Bertz CT molecular complexity index is 828. The number of aromatic carboxylic acids is 1. The monoisotopic (exact) mass is 319 g/mol. The molecule has 0 radical (unpaired) electrons. The molecule has 0 unspecified atom stereocenters. The average Bonchev–Trinajstić information content (AvgIpc) is 2.55. The summed E-state index contributed by atoms with van der Waals surface area (Å²) in [4.78, 5) is 29.6. The second-order valence-electron chi connectivity index (χ2n) is 5.37. The summed E-state index contributed by atoms with van der Waals surface area (Å²) in [5.74, 6) is -1.74. The lowest BCUT2D eigenvalue weighted by molar-refractivity contribution is 0.0695. The van der Waals surface area contributed by atoms with Gasteiger partial charge in [-0.25, -0.2) is 14.2 Å². The Morgan fingerprint density at radius 2 is 2.13 bits per heavy atom. The zero-order valence-electron chi connectivity index (χ0n) is 12.7. The summed E-state index contributed by atoms with van der Waals surface area (Å²) in [5, 5.41) is 12.3. The first-order valence-electron chi connectivity index (χ1n) is 7.45. The third kappa shape index (κ3) is 2.65. The van der Waals surface area contributed by atoms with Gasteiger partial charge in [0.05, 0.1) is 5.39 Å². The minimum Gasteiger partial charge on any atom is -0.477 e. The fraction of sp³-hybridized carbons (Fsp3) is 0.400. The number of carboxylic acids is 1. The first-order valence-corrected chi connectivity index (χ1v) is 7.45. The molecule has 1 aliphatic rings. The van der Waals surface area contributed by atoms with E-state index in [9.17, 15) is 14.0 Å². The van der Waals surface area contributed by atoms with Gasteiger partial charge in [-0.15, -0.1) is 0 Å². The summed E-state index contributed by atoms with van der Waals surface area (Å²) in [6, 6.07) is 1.10. The van der Waals surface area contributed by atoms with Crippen LogP contribution < -0.4 is 15.6 Å². The van der Waals surface area contributed by atoms with Crippen LogP contribution in [0.3, 0.4) is 0 Å². The molecular formula is C15H17FN4O3. The van der Waals surface area contributed by atoms with Crippen molar-refractivity contribution in [2.24, 2.45) is 0 Å². The molecule has 1 saturated heterocycles. The van der Waals surface area contributed by atoms with Gasteiger partial charge in [0.15, 0.2) is 11.6 Å². The van der Waals surface area contributed by atoms with E-state index >= 15 is 0 Å². The summed E-state index contributed by atoms with van der Waals surface area (Å²) < 4.78 is 16.0. The van der Waals surface area contributed by atoms with Crippen molar-refractivity contribution in [1.82, 2.24) is 14.9 Å². The highest BCUT2D eigenvalue weighted by Gasteiger charge is 2.21. The van der Waals surface area contributed by atoms with Crippen LogP contribution in [-0.2, 0) is 6.54 Å². The van der Waals surface area contributed by atoms with Crippen LogP contribution in [0.5, 0.6) is 0 Å². The van der Waals surface area contributed by atoms with Crippen molar-refractivity contribution in [2.75, 3.05) is 31.1 Å². The number of aromatic nitrogens is 2. The van der Waals surface area contributed by atoms with Crippen molar-refractivity contribution in [1.29, 1.82) is 0 Å². The van der Waals surface area contributed by atoms with Crippen molar-refractivity contribution >= 4 is 22.8 Å². The normalized spacial score (nSPS) is 15.1. The van der Waals surface area contributed by atoms with E-state index in [0.29, 0.717) is 25.3 Å². The number of rotatable bonds is 3. The highest BCUT2D eigenvalue weighted by atomic mass is 18.2. The number of piperazine rings is 1. The molecule has 23 heavy (non-hydrogen) atoms. The molecule has 3 rings (SSSR count). The zero-order valence-corrected chi connectivity index (χ0v) is 12.7. The number of anilines is 1. The second-order valence-corrected chi connectivity index (χ2v) is 5.37. The van der Waals surface area contributed by atoms with Gasteiger partial charge in [-0.2, -0.15) is 0 Å². The lowest BCUT2D eigenvalue weighted by Gasteiger charge is -2.29. The SMILES string of the molecule is CCn1cc(C(=O)O)c(=O)c2cc([18F])c(N3CCNCC3)nc21. The number of nitrogens with zero attached hydrogens (tertiary/aromatic N) is 3. The van der Waals surface area contributed by atoms with Gasteiger partial charge in [-0.05, 0) is 13.0 Å². The van der Waals surface area contributed by atoms with Crippen LogP contribution in [0, 0.1) is 5.82 Å². The molecule has 1 fully saturated rings. The number of carbonyl (C=O) groups is 1. The van der Waals surface area contributed by atoms with Crippen LogP contribution in [0.25, 0.3) is 11.0 Å². The molecule has 2 aromatic heterocycles. The smallest absolute Gasteiger partial charge is 0.341 e. The van der Waals surface area contributed by atoms with E-state index in [0.717, 1.165) is 19.2 Å². The van der Waals surface area contributed by atoms with Gasteiger partial charge in [-0.3, -0.25) is 4.79 Å². The highest BCUT2D eigenvalue weighted by molar-refractivity contribution is 5.92. The van der Waals surface area contributed by atoms with E-state index in [2.05, 4.69) is 10.3 Å². The van der Waals surface area contributed by atoms with Crippen LogP contribution >= 0.6 is 0 Å². The fourth-order valence-corrected chi connectivity index (χ4v) is 2.77. The molecule has 2 N–H and O–H groups in total. The first kappa shape index (κ1) is 15.4. The zero-order chi connectivity index (χ0) is 16.6. The number of fused-ring (bicyclic) bond motifs is 1. The summed E-state index contributed by atoms with van der Waals surface area (Å²) in [7, 11) is 0. The van der Waals surface area contributed by atoms with E-state index in [4.69, 9.17) is 5.11 Å². The van der Waals surface area contributed by atoms with Crippen LogP contribution in [0.2, 0.25) is 0 Å². The fourth-order valence-electron chi connectivity index (χ4n) is 2.77. The molecule has 7 nitrogen and oxygen atoms in total.